The van der Waals surface area contributed by atoms with E-state index in [1.165, 1.54) is 5.56 Å². The minimum atomic E-state index is 0.698. The van der Waals surface area contributed by atoms with Crippen LogP contribution in [0.1, 0.15) is 11.1 Å². The van der Waals surface area contributed by atoms with E-state index in [0.29, 0.717) is 5.56 Å². The van der Waals surface area contributed by atoms with Crippen LogP contribution in [-0.2, 0) is 0 Å². The number of nitriles is 1. The van der Waals surface area contributed by atoms with E-state index in [-0.39, 0.29) is 0 Å². The average molecular weight is 272 g/mol. The maximum absolute atomic E-state index is 9.12. The number of nitrogens with zero attached hydrogens (tertiary/aromatic N) is 1. The molecular formula is C14H10BrN. The van der Waals surface area contributed by atoms with Crippen molar-refractivity contribution in [2.45, 2.75) is 6.92 Å². The zero-order valence-corrected chi connectivity index (χ0v) is 10.5. The molecule has 0 saturated carbocycles. The summed E-state index contributed by atoms with van der Waals surface area (Å²) < 4.78 is 0.959. The van der Waals surface area contributed by atoms with E-state index in [4.69, 9.17) is 5.26 Å². The molecule has 0 aliphatic heterocycles. The van der Waals surface area contributed by atoms with Crippen LogP contribution >= 0.6 is 15.9 Å². The molecule has 0 amide bonds. The van der Waals surface area contributed by atoms with Crippen LogP contribution in [-0.4, -0.2) is 0 Å². The summed E-state index contributed by atoms with van der Waals surface area (Å²) in [5, 5.41) is 9.12. The van der Waals surface area contributed by atoms with E-state index in [1.807, 2.05) is 36.4 Å². The Morgan fingerprint density at radius 3 is 2.50 bits per heavy atom. The van der Waals surface area contributed by atoms with Crippen molar-refractivity contribution in [1.82, 2.24) is 0 Å². The zero-order valence-electron chi connectivity index (χ0n) is 8.87. The third kappa shape index (κ3) is 1.87. The van der Waals surface area contributed by atoms with Crippen molar-refractivity contribution < 1.29 is 0 Å². The first-order valence-electron chi connectivity index (χ1n) is 4.98. The van der Waals surface area contributed by atoms with E-state index >= 15 is 0 Å². The summed E-state index contributed by atoms with van der Waals surface area (Å²) in [5.41, 5.74) is 3.95. The lowest BCUT2D eigenvalue weighted by Gasteiger charge is -2.09. The molecule has 0 bridgehead atoms. The van der Waals surface area contributed by atoms with Crippen LogP contribution in [0, 0.1) is 18.3 Å². The molecule has 2 rings (SSSR count). The molecule has 0 N–H and O–H groups in total. The summed E-state index contributed by atoms with van der Waals surface area (Å²) in [7, 11) is 0. The van der Waals surface area contributed by atoms with E-state index in [0.717, 1.165) is 15.6 Å². The van der Waals surface area contributed by atoms with Gasteiger partial charge in [-0.25, -0.2) is 0 Å². The standard InChI is InChI=1S/C14H10BrN/c1-10-5-2-3-7-12(10)14-11(9-16)6-4-8-13(14)15/h2-8H,1H3. The van der Waals surface area contributed by atoms with Gasteiger partial charge in [0, 0.05) is 10.0 Å². The molecule has 0 aliphatic carbocycles. The van der Waals surface area contributed by atoms with Gasteiger partial charge in [0.1, 0.15) is 0 Å². The summed E-state index contributed by atoms with van der Waals surface area (Å²) in [6.07, 6.45) is 0. The van der Waals surface area contributed by atoms with Gasteiger partial charge >= 0.3 is 0 Å². The number of benzene rings is 2. The molecule has 2 aromatic carbocycles. The molecule has 2 heteroatoms. The van der Waals surface area contributed by atoms with Crippen molar-refractivity contribution in [3.8, 4) is 17.2 Å². The fourth-order valence-electron chi connectivity index (χ4n) is 1.74. The van der Waals surface area contributed by atoms with Gasteiger partial charge < -0.3 is 0 Å². The predicted molar refractivity (Wildman–Crippen MR) is 69.0 cm³/mol. The number of hydrogen-bond acceptors (Lipinski definition) is 1. The molecule has 78 valence electrons. The Bertz CT molecular complexity index is 567. The first kappa shape index (κ1) is 10.9. The van der Waals surface area contributed by atoms with Gasteiger partial charge in [0.05, 0.1) is 11.6 Å². The number of rotatable bonds is 1. The van der Waals surface area contributed by atoms with Gasteiger partial charge in [0.2, 0.25) is 0 Å². The lowest BCUT2D eigenvalue weighted by atomic mass is 9.97. The Kier molecular flexibility index (Phi) is 3.07. The van der Waals surface area contributed by atoms with Crippen molar-refractivity contribution in [3.05, 3.63) is 58.1 Å². The maximum atomic E-state index is 9.12. The summed E-state index contributed by atoms with van der Waals surface area (Å²) in [6.45, 7) is 2.05. The van der Waals surface area contributed by atoms with Crippen LogP contribution in [0.4, 0.5) is 0 Å². The molecule has 0 spiro atoms. The quantitative estimate of drug-likeness (QED) is 0.759. The largest absolute Gasteiger partial charge is 0.192 e. The highest BCUT2D eigenvalue weighted by atomic mass is 79.9. The van der Waals surface area contributed by atoms with Gasteiger partial charge in [-0.3, -0.25) is 0 Å². The van der Waals surface area contributed by atoms with Gasteiger partial charge in [-0.2, -0.15) is 5.26 Å². The molecular weight excluding hydrogens is 262 g/mol. The second kappa shape index (κ2) is 4.51. The Morgan fingerprint density at radius 1 is 1.06 bits per heavy atom. The Balaban J connectivity index is 2.75. The van der Waals surface area contributed by atoms with Crippen LogP contribution in [0.2, 0.25) is 0 Å². The van der Waals surface area contributed by atoms with Crippen molar-refractivity contribution in [3.63, 3.8) is 0 Å². The molecule has 1 nitrogen and oxygen atoms in total. The molecule has 0 heterocycles. The third-order valence-electron chi connectivity index (χ3n) is 2.55. The molecule has 0 fully saturated rings. The maximum Gasteiger partial charge on any atom is 0.0998 e. The highest BCUT2D eigenvalue weighted by Crippen LogP contribution is 2.33. The molecule has 0 saturated heterocycles. The molecule has 0 aliphatic rings. The van der Waals surface area contributed by atoms with Gasteiger partial charge in [-0.1, -0.05) is 46.3 Å². The lowest BCUT2D eigenvalue weighted by Crippen LogP contribution is -1.88. The molecule has 0 atom stereocenters. The second-order valence-corrected chi connectivity index (χ2v) is 4.44. The molecule has 0 aromatic heterocycles. The van der Waals surface area contributed by atoms with E-state index in [2.05, 4.69) is 35.0 Å². The van der Waals surface area contributed by atoms with Gasteiger partial charge in [0.25, 0.3) is 0 Å². The van der Waals surface area contributed by atoms with Gasteiger partial charge in [0.15, 0.2) is 0 Å². The molecule has 0 unspecified atom stereocenters. The van der Waals surface area contributed by atoms with Crippen molar-refractivity contribution in [2.24, 2.45) is 0 Å². The number of hydrogen-bond donors (Lipinski definition) is 0. The summed E-state index contributed by atoms with van der Waals surface area (Å²) >= 11 is 3.51. The molecule has 0 radical (unpaired) electrons. The first-order valence-corrected chi connectivity index (χ1v) is 5.78. The summed E-state index contributed by atoms with van der Waals surface area (Å²) in [5.74, 6) is 0. The van der Waals surface area contributed by atoms with Crippen LogP contribution < -0.4 is 0 Å². The third-order valence-corrected chi connectivity index (χ3v) is 3.21. The van der Waals surface area contributed by atoms with Crippen LogP contribution in [0.3, 0.4) is 0 Å². The first-order chi connectivity index (χ1) is 7.74. The number of halogens is 1. The molecule has 2 aromatic rings. The minimum Gasteiger partial charge on any atom is -0.192 e. The fourth-order valence-corrected chi connectivity index (χ4v) is 2.32. The second-order valence-electron chi connectivity index (χ2n) is 3.59. The summed E-state index contributed by atoms with van der Waals surface area (Å²) in [4.78, 5) is 0. The van der Waals surface area contributed by atoms with Crippen LogP contribution in [0.25, 0.3) is 11.1 Å². The highest BCUT2D eigenvalue weighted by Gasteiger charge is 2.10. The van der Waals surface area contributed by atoms with Crippen molar-refractivity contribution in [2.75, 3.05) is 0 Å². The minimum absolute atomic E-state index is 0.698. The predicted octanol–water partition coefficient (Wildman–Crippen LogP) is 4.30. The molecule has 16 heavy (non-hydrogen) atoms. The van der Waals surface area contributed by atoms with Crippen LogP contribution in [0.5, 0.6) is 0 Å². The van der Waals surface area contributed by atoms with Gasteiger partial charge in [-0.05, 0) is 30.2 Å². The lowest BCUT2D eigenvalue weighted by molar-refractivity contribution is 1.42. The van der Waals surface area contributed by atoms with E-state index < -0.39 is 0 Å². The van der Waals surface area contributed by atoms with Gasteiger partial charge in [-0.15, -0.1) is 0 Å². The Morgan fingerprint density at radius 2 is 1.81 bits per heavy atom. The monoisotopic (exact) mass is 271 g/mol. The Hall–Kier alpha value is -1.59. The van der Waals surface area contributed by atoms with Crippen molar-refractivity contribution >= 4 is 15.9 Å². The smallest absolute Gasteiger partial charge is 0.0998 e. The SMILES string of the molecule is Cc1ccccc1-c1c(Br)cccc1C#N. The number of aryl methyl sites for hydroxylation is 1. The van der Waals surface area contributed by atoms with E-state index in [1.54, 1.807) is 0 Å². The van der Waals surface area contributed by atoms with Crippen LogP contribution in [0.15, 0.2) is 46.9 Å². The average Bonchev–Trinajstić information content (AvgIpc) is 2.30. The zero-order chi connectivity index (χ0) is 11.5. The Labute approximate surface area is 103 Å². The highest BCUT2D eigenvalue weighted by molar-refractivity contribution is 9.10. The topological polar surface area (TPSA) is 23.8 Å². The normalized spacial score (nSPS) is 9.81. The van der Waals surface area contributed by atoms with Crippen molar-refractivity contribution in [1.29, 1.82) is 5.26 Å². The summed E-state index contributed by atoms with van der Waals surface area (Å²) in [6, 6.07) is 16.0. The van der Waals surface area contributed by atoms with E-state index in [9.17, 15) is 0 Å². The fraction of sp³-hybridized carbons (Fsp3) is 0.0714.